The molecule has 0 radical (unpaired) electrons. The van der Waals surface area contributed by atoms with Crippen molar-refractivity contribution in [2.75, 3.05) is 39.5 Å². The number of hydrogen-bond acceptors (Lipinski definition) is 3. The lowest BCUT2D eigenvalue weighted by Crippen LogP contribution is -2.41. The first kappa shape index (κ1) is 23.0. The van der Waals surface area contributed by atoms with Gasteiger partial charge in [0.15, 0.2) is 5.96 Å². The van der Waals surface area contributed by atoms with Gasteiger partial charge in [-0.3, -0.25) is 4.99 Å². The number of rotatable bonds is 8. The van der Waals surface area contributed by atoms with Gasteiger partial charge in [0.2, 0.25) is 0 Å². The van der Waals surface area contributed by atoms with Gasteiger partial charge in [-0.05, 0) is 50.8 Å². The summed E-state index contributed by atoms with van der Waals surface area (Å²) in [7, 11) is 0. The van der Waals surface area contributed by atoms with E-state index in [0.717, 1.165) is 63.8 Å². The molecule has 1 aromatic rings. The van der Waals surface area contributed by atoms with E-state index >= 15 is 0 Å². The second-order valence-electron chi connectivity index (χ2n) is 6.47. The average Bonchev–Trinajstić information content (AvgIpc) is 2.65. The van der Waals surface area contributed by atoms with Crippen molar-refractivity contribution in [3.63, 3.8) is 0 Å². The molecule has 0 unspecified atom stereocenters. The van der Waals surface area contributed by atoms with Crippen LogP contribution in [-0.2, 0) is 10.2 Å². The van der Waals surface area contributed by atoms with Crippen LogP contribution in [0.25, 0.3) is 0 Å². The van der Waals surface area contributed by atoms with E-state index in [9.17, 15) is 0 Å². The van der Waals surface area contributed by atoms with Crippen molar-refractivity contribution in [3.05, 3.63) is 29.8 Å². The second kappa shape index (κ2) is 12.4. The Bertz CT molecular complexity index is 528. The summed E-state index contributed by atoms with van der Waals surface area (Å²) in [6.45, 7) is 11.1. The van der Waals surface area contributed by atoms with Gasteiger partial charge in [0.05, 0.1) is 13.2 Å². The second-order valence-corrected chi connectivity index (χ2v) is 6.47. The molecule has 1 heterocycles. The summed E-state index contributed by atoms with van der Waals surface area (Å²) in [6.07, 6.45) is 3.08. The maximum absolute atomic E-state index is 5.62. The smallest absolute Gasteiger partial charge is 0.191 e. The van der Waals surface area contributed by atoms with E-state index in [0.29, 0.717) is 6.61 Å². The molecule has 26 heavy (non-hydrogen) atoms. The minimum Gasteiger partial charge on any atom is -0.494 e. The van der Waals surface area contributed by atoms with Crippen LogP contribution in [0.5, 0.6) is 5.75 Å². The SMILES string of the molecule is CCCNC(=NCC1(c2ccc(OCC)cc2)CCOCC1)NCC.I. The molecule has 5 nitrogen and oxygen atoms in total. The zero-order chi connectivity index (χ0) is 18.0. The summed E-state index contributed by atoms with van der Waals surface area (Å²) in [5.41, 5.74) is 1.37. The maximum atomic E-state index is 5.62. The lowest BCUT2D eigenvalue weighted by Gasteiger charge is -2.36. The molecule has 1 saturated heterocycles. The van der Waals surface area contributed by atoms with Gasteiger partial charge in [0, 0.05) is 31.7 Å². The van der Waals surface area contributed by atoms with E-state index in [1.807, 2.05) is 6.92 Å². The summed E-state index contributed by atoms with van der Waals surface area (Å²) in [5.74, 6) is 1.83. The number of halogens is 1. The standard InChI is InChI=1S/C20H33N3O2.HI/c1-4-13-22-19(21-5-2)23-16-20(11-14-24-15-12-20)17-7-9-18(10-8-17)25-6-3;/h7-10H,4-6,11-16H2,1-3H3,(H2,21,22,23);1H. The van der Waals surface area contributed by atoms with Crippen molar-refractivity contribution in [1.82, 2.24) is 10.6 Å². The molecule has 1 aliphatic rings. The highest BCUT2D eigenvalue weighted by Gasteiger charge is 2.34. The van der Waals surface area contributed by atoms with Crippen LogP contribution in [0.2, 0.25) is 0 Å². The van der Waals surface area contributed by atoms with Crippen LogP contribution in [0.1, 0.15) is 45.6 Å². The van der Waals surface area contributed by atoms with E-state index < -0.39 is 0 Å². The first-order valence-corrected chi connectivity index (χ1v) is 9.57. The lowest BCUT2D eigenvalue weighted by atomic mass is 9.74. The van der Waals surface area contributed by atoms with Gasteiger partial charge in [-0.2, -0.15) is 0 Å². The Labute approximate surface area is 175 Å². The maximum Gasteiger partial charge on any atom is 0.191 e. The predicted molar refractivity (Wildman–Crippen MR) is 119 cm³/mol. The third-order valence-electron chi connectivity index (χ3n) is 4.65. The molecule has 0 bridgehead atoms. The third kappa shape index (κ3) is 6.61. The minimum absolute atomic E-state index is 0. The van der Waals surface area contributed by atoms with E-state index in [1.54, 1.807) is 0 Å². The molecular formula is C20H34IN3O2. The number of hydrogen-bond donors (Lipinski definition) is 2. The van der Waals surface area contributed by atoms with Gasteiger partial charge < -0.3 is 20.1 Å². The molecule has 1 aliphatic heterocycles. The molecule has 1 fully saturated rings. The Kier molecular flexibility index (Phi) is 11.0. The molecular weight excluding hydrogens is 441 g/mol. The molecule has 0 aromatic heterocycles. The number of nitrogens with one attached hydrogen (secondary N) is 2. The lowest BCUT2D eigenvalue weighted by molar-refractivity contribution is 0.0531. The molecule has 2 N–H and O–H groups in total. The fourth-order valence-corrected chi connectivity index (χ4v) is 3.19. The fraction of sp³-hybridized carbons (Fsp3) is 0.650. The van der Waals surface area contributed by atoms with Crippen molar-refractivity contribution >= 4 is 29.9 Å². The minimum atomic E-state index is 0. The number of benzene rings is 1. The van der Waals surface area contributed by atoms with Crippen molar-refractivity contribution in [1.29, 1.82) is 0 Å². The third-order valence-corrected chi connectivity index (χ3v) is 4.65. The molecule has 0 amide bonds. The largest absolute Gasteiger partial charge is 0.494 e. The molecule has 0 aliphatic carbocycles. The summed E-state index contributed by atoms with van der Waals surface area (Å²) < 4.78 is 11.2. The van der Waals surface area contributed by atoms with E-state index in [-0.39, 0.29) is 29.4 Å². The Balaban J connectivity index is 0.00000338. The van der Waals surface area contributed by atoms with Crippen LogP contribution in [0.15, 0.2) is 29.3 Å². The Morgan fingerprint density at radius 1 is 1.12 bits per heavy atom. The highest BCUT2D eigenvalue weighted by molar-refractivity contribution is 14.0. The van der Waals surface area contributed by atoms with Gasteiger partial charge in [0.25, 0.3) is 0 Å². The van der Waals surface area contributed by atoms with Crippen molar-refractivity contribution < 1.29 is 9.47 Å². The quantitative estimate of drug-likeness (QED) is 0.342. The summed E-state index contributed by atoms with van der Waals surface area (Å²) in [5, 5.41) is 6.73. The van der Waals surface area contributed by atoms with Crippen LogP contribution in [0.3, 0.4) is 0 Å². The molecule has 148 valence electrons. The van der Waals surface area contributed by atoms with Crippen LogP contribution in [0, 0.1) is 0 Å². The average molecular weight is 475 g/mol. The van der Waals surface area contributed by atoms with Crippen LogP contribution < -0.4 is 15.4 Å². The summed E-state index contributed by atoms with van der Waals surface area (Å²) >= 11 is 0. The predicted octanol–water partition coefficient (Wildman–Crippen LogP) is 3.72. The Hall–Kier alpha value is -1.02. The molecule has 0 atom stereocenters. The van der Waals surface area contributed by atoms with Gasteiger partial charge >= 0.3 is 0 Å². The van der Waals surface area contributed by atoms with Gasteiger partial charge in [-0.15, -0.1) is 24.0 Å². The summed E-state index contributed by atoms with van der Waals surface area (Å²) in [6, 6.07) is 8.52. The zero-order valence-electron chi connectivity index (χ0n) is 16.3. The molecule has 0 spiro atoms. The Morgan fingerprint density at radius 3 is 2.38 bits per heavy atom. The van der Waals surface area contributed by atoms with Crippen molar-refractivity contribution in [2.24, 2.45) is 4.99 Å². The molecule has 6 heteroatoms. The fourth-order valence-electron chi connectivity index (χ4n) is 3.19. The zero-order valence-corrected chi connectivity index (χ0v) is 18.7. The summed E-state index contributed by atoms with van der Waals surface area (Å²) in [4.78, 5) is 4.89. The van der Waals surface area contributed by atoms with E-state index in [1.165, 1.54) is 5.56 Å². The molecule has 2 rings (SSSR count). The topological polar surface area (TPSA) is 54.9 Å². The van der Waals surface area contributed by atoms with E-state index in [2.05, 4.69) is 48.7 Å². The first-order valence-electron chi connectivity index (χ1n) is 9.57. The number of ether oxygens (including phenoxy) is 2. The normalized spacial score (nSPS) is 16.5. The Morgan fingerprint density at radius 2 is 1.81 bits per heavy atom. The number of nitrogens with zero attached hydrogens (tertiary/aromatic N) is 1. The molecule has 0 saturated carbocycles. The van der Waals surface area contributed by atoms with Crippen molar-refractivity contribution in [3.8, 4) is 5.75 Å². The van der Waals surface area contributed by atoms with E-state index in [4.69, 9.17) is 14.5 Å². The van der Waals surface area contributed by atoms with Crippen molar-refractivity contribution in [2.45, 2.75) is 45.4 Å². The number of aliphatic imine (C=N–C) groups is 1. The first-order chi connectivity index (χ1) is 12.2. The van der Waals surface area contributed by atoms with Crippen LogP contribution in [-0.4, -0.2) is 45.4 Å². The molecule has 1 aromatic carbocycles. The van der Waals surface area contributed by atoms with Gasteiger partial charge in [0.1, 0.15) is 5.75 Å². The van der Waals surface area contributed by atoms with Crippen LogP contribution in [0.4, 0.5) is 0 Å². The van der Waals surface area contributed by atoms with Gasteiger partial charge in [-0.25, -0.2) is 0 Å². The highest BCUT2D eigenvalue weighted by atomic mass is 127. The van der Waals surface area contributed by atoms with Crippen LogP contribution >= 0.6 is 24.0 Å². The number of guanidine groups is 1. The highest BCUT2D eigenvalue weighted by Crippen LogP contribution is 2.36. The van der Waals surface area contributed by atoms with Gasteiger partial charge in [-0.1, -0.05) is 19.1 Å². The monoisotopic (exact) mass is 475 g/mol.